The molecule has 0 aromatic carbocycles. The van der Waals surface area contributed by atoms with Gasteiger partial charge in [0.1, 0.15) is 0 Å². The van der Waals surface area contributed by atoms with Crippen LogP contribution in [0.4, 0.5) is 0 Å². The second kappa shape index (κ2) is 15.5. The molecule has 0 amide bonds. The van der Waals surface area contributed by atoms with Gasteiger partial charge in [0.25, 0.3) is 0 Å². The molecule has 100 valence electrons. The van der Waals surface area contributed by atoms with Crippen molar-refractivity contribution in [1.82, 2.24) is 18.5 Å². The quantitative estimate of drug-likeness (QED) is 0.296. The van der Waals surface area contributed by atoms with E-state index in [0.29, 0.717) is 0 Å². The van der Waals surface area contributed by atoms with E-state index in [1.165, 1.54) is 0 Å². The fourth-order valence-corrected chi connectivity index (χ4v) is 0.241. The predicted octanol–water partition coefficient (Wildman–Crippen LogP) is -2.87. The van der Waals surface area contributed by atoms with Crippen LogP contribution in [0.5, 0.6) is 0 Å². The first-order valence-electron chi connectivity index (χ1n) is 2.67. The largest absolute Gasteiger partial charge is 0.550 e. The number of quaternary nitrogens is 3. The van der Waals surface area contributed by atoms with Crippen molar-refractivity contribution in [3.8, 4) is 0 Å². The molecule has 1 unspecified atom stereocenters. The lowest BCUT2D eigenvalue weighted by atomic mass is 10.3. The van der Waals surface area contributed by atoms with Gasteiger partial charge in [0.2, 0.25) is 0 Å². The molecule has 0 spiro atoms. The Bertz CT molecular complexity index is 204. The van der Waals surface area contributed by atoms with E-state index in [1.54, 1.807) is 0 Å². The van der Waals surface area contributed by atoms with Crippen molar-refractivity contribution < 1.29 is 30.0 Å². The molecule has 0 aromatic heterocycles. The molecule has 0 bridgehead atoms. The molecule has 0 aromatic rings. The Labute approximate surface area is 89.4 Å². The van der Waals surface area contributed by atoms with E-state index in [4.69, 9.17) is 20.4 Å². The summed E-state index contributed by atoms with van der Waals surface area (Å²) in [4.78, 5) is 27.4. The third-order valence-corrected chi connectivity index (χ3v) is 0.632. The van der Waals surface area contributed by atoms with Crippen LogP contribution in [-0.2, 0) is 9.59 Å². The molecule has 0 aliphatic carbocycles. The lowest BCUT2D eigenvalue weighted by Crippen LogP contribution is -2.39. The van der Waals surface area contributed by atoms with Crippen molar-refractivity contribution in [3.63, 3.8) is 0 Å². The van der Waals surface area contributed by atoms with E-state index in [2.05, 4.69) is 0 Å². The van der Waals surface area contributed by atoms with Gasteiger partial charge in [-0.1, -0.05) is 0 Å². The number of rotatable bonds is 3. The van der Waals surface area contributed by atoms with Crippen LogP contribution >= 0.6 is 0 Å². The summed E-state index contributed by atoms with van der Waals surface area (Å²) in [5, 5.41) is 42.1. The standard InChI is InChI=1S/C4H6O5.NO3.3H3N/c5-2(4(8)9)1-3(6)7;2-1(3)4;;;/h2,5H,1H2,(H,6,7)(H,8,9);;3*1H3/q;-1;;;/p+1. The van der Waals surface area contributed by atoms with Gasteiger partial charge < -0.3 is 58.7 Å². The van der Waals surface area contributed by atoms with Gasteiger partial charge in [-0.2, -0.15) is 0 Å². The number of hydrogen-bond acceptors (Lipinski definition) is 8. The SMILES string of the molecule is O=C([O-])CC(O)C(=O)[O-].O=[N+]([O-])[O-].[NH4+].[NH4+].[NH4+]. The molecule has 0 rings (SSSR count). The van der Waals surface area contributed by atoms with E-state index in [9.17, 15) is 19.8 Å². The maximum atomic E-state index is 9.58. The average Bonchev–Trinajstić information content (AvgIpc) is 1.83. The number of carbonyl (C=O) groups excluding carboxylic acids is 2. The maximum absolute atomic E-state index is 9.58. The number of carbonyl (C=O) groups is 2. The van der Waals surface area contributed by atoms with Gasteiger partial charge in [0.05, 0.1) is 17.2 Å². The molecule has 16 heavy (non-hydrogen) atoms. The number of hydrogen-bond donors (Lipinski definition) is 4. The molecular weight excluding hydrogens is 232 g/mol. The smallest absolute Gasteiger partial charge is 0.0985 e. The molecule has 12 heteroatoms. The summed E-state index contributed by atoms with van der Waals surface area (Å²) in [6.45, 7) is 0. The second-order valence-corrected chi connectivity index (χ2v) is 1.63. The third kappa shape index (κ3) is 40.4. The van der Waals surface area contributed by atoms with Crippen molar-refractivity contribution in [3.05, 3.63) is 15.3 Å². The number of aliphatic hydroxyl groups excluding tert-OH is 1. The average molecular weight is 248 g/mol. The molecule has 0 saturated carbocycles. The normalized spacial score (nSPS) is 8.56. The molecule has 1 atom stereocenters. The van der Waals surface area contributed by atoms with Gasteiger partial charge in [0.15, 0.2) is 0 Å². The molecule has 12 nitrogen and oxygen atoms in total. The van der Waals surface area contributed by atoms with Crippen LogP contribution in [0.2, 0.25) is 0 Å². The number of carboxylic acid groups (broad SMARTS) is 2. The Morgan fingerprint density at radius 1 is 1.12 bits per heavy atom. The van der Waals surface area contributed by atoms with Gasteiger partial charge in [0, 0.05) is 12.4 Å². The second-order valence-electron chi connectivity index (χ2n) is 1.63. The van der Waals surface area contributed by atoms with Crippen LogP contribution in [0, 0.1) is 15.3 Å². The van der Waals surface area contributed by atoms with Crippen molar-refractivity contribution in [2.45, 2.75) is 12.5 Å². The highest BCUT2D eigenvalue weighted by Crippen LogP contribution is 1.85. The Hall–Kier alpha value is -2.02. The van der Waals surface area contributed by atoms with Crippen LogP contribution < -0.4 is 28.7 Å². The van der Waals surface area contributed by atoms with Gasteiger partial charge in [-0.05, 0) is 0 Å². The van der Waals surface area contributed by atoms with Gasteiger partial charge >= 0.3 is 0 Å². The Morgan fingerprint density at radius 3 is 1.44 bits per heavy atom. The summed E-state index contributed by atoms with van der Waals surface area (Å²) in [5.41, 5.74) is 0. The Balaban J connectivity index is -0.0000000511. The molecule has 0 aliphatic heterocycles. The monoisotopic (exact) mass is 248 g/mol. The first-order chi connectivity index (χ1) is 5.77. The van der Waals surface area contributed by atoms with Crippen molar-refractivity contribution in [2.75, 3.05) is 0 Å². The molecule has 0 radical (unpaired) electrons. The van der Waals surface area contributed by atoms with Gasteiger partial charge in [-0.25, -0.2) is 0 Å². The Kier molecular flexibility index (Phi) is 28.2. The minimum absolute atomic E-state index is 0. The number of aliphatic hydroxyl groups is 1. The fraction of sp³-hybridized carbons (Fsp3) is 0.500. The summed E-state index contributed by atoms with van der Waals surface area (Å²) in [6, 6.07) is 0. The highest BCUT2D eigenvalue weighted by Gasteiger charge is 2.03. The van der Waals surface area contributed by atoms with E-state index >= 15 is 0 Å². The van der Waals surface area contributed by atoms with E-state index < -0.39 is 29.6 Å². The topological polar surface area (TPSA) is 276 Å². The van der Waals surface area contributed by atoms with E-state index in [0.717, 1.165) is 0 Å². The number of aliphatic carboxylic acids is 2. The maximum Gasteiger partial charge on any atom is 0.0985 e. The Morgan fingerprint density at radius 2 is 1.38 bits per heavy atom. The van der Waals surface area contributed by atoms with Crippen LogP contribution in [0.3, 0.4) is 0 Å². The van der Waals surface area contributed by atoms with Crippen LogP contribution in [0.1, 0.15) is 6.42 Å². The zero-order valence-corrected chi connectivity index (χ0v) is 9.04. The molecule has 0 heterocycles. The predicted molar refractivity (Wildman–Crippen MR) is 49.0 cm³/mol. The van der Waals surface area contributed by atoms with Gasteiger partial charge in [-0.3, -0.25) is 0 Å². The lowest BCUT2D eigenvalue weighted by Gasteiger charge is -2.10. The zero-order valence-electron chi connectivity index (χ0n) is 9.04. The zero-order chi connectivity index (χ0) is 11.0. The molecule has 0 aliphatic rings. The lowest BCUT2D eigenvalue weighted by molar-refractivity contribution is -0.402. The number of carboxylic acids is 2. The van der Waals surface area contributed by atoms with Crippen LogP contribution in [-0.4, -0.2) is 28.2 Å². The first kappa shape index (κ1) is 29.2. The first-order valence-corrected chi connectivity index (χ1v) is 2.67. The summed E-state index contributed by atoms with van der Waals surface area (Å²) in [6.07, 6.45) is -2.89. The third-order valence-electron chi connectivity index (χ3n) is 0.632. The molecule has 0 fully saturated rings. The molecule has 0 saturated heterocycles. The number of nitrogens with zero attached hydrogens (tertiary/aromatic N) is 1. The van der Waals surface area contributed by atoms with Crippen molar-refractivity contribution >= 4 is 11.9 Å². The summed E-state index contributed by atoms with van der Waals surface area (Å²) in [5.74, 6) is -3.43. The van der Waals surface area contributed by atoms with Crippen molar-refractivity contribution in [1.29, 1.82) is 0 Å². The summed E-state index contributed by atoms with van der Waals surface area (Å²) >= 11 is 0. The fourth-order valence-electron chi connectivity index (χ4n) is 0.241. The van der Waals surface area contributed by atoms with Gasteiger partial charge in [-0.15, -0.1) is 0 Å². The summed E-state index contributed by atoms with van der Waals surface area (Å²) in [7, 11) is 0. The summed E-state index contributed by atoms with van der Waals surface area (Å²) < 4.78 is 0. The highest BCUT2D eigenvalue weighted by atomic mass is 16.9. The molecule has 13 N–H and O–H groups in total. The van der Waals surface area contributed by atoms with E-state index in [1.807, 2.05) is 0 Å². The van der Waals surface area contributed by atoms with Crippen LogP contribution in [0.25, 0.3) is 0 Å². The van der Waals surface area contributed by atoms with E-state index in [-0.39, 0.29) is 18.5 Å². The minimum Gasteiger partial charge on any atom is -0.550 e. The van der Waals surface area contributed by atoms with Crippen molar-refractivity contribution in [2.24, 2.45) is 0 Å². The highest BCUT2D eigenvalue weighted by molar-refractivity contribution is 5.76. The van der Waals surface area contributed by atoms with Crippen LogP contribution in [0.15, 0.2) is 0 Å². The molecular formula is C4H16N4O8. The minimum atomic E-state index is -1.96.